The molecule has 1 saturated heterocycles. The van der Waals surface area contributed by atoms with Crippen LogP contribution in [0.1, 0.15) is 37.9 Å². The molecular weight excluding hydrogens is 269 g/mol. The lowest BCUT2D eigenvalue weighted by Crippen LogP contribution is -2.40. The number of pyridine rings is 1. The summed E-state index contributed by atoms with van der Waals surface area (Å²) in [5.41, 5.74) is 4.46. The van der Waals surface area contributed by atoms with Gasteiger partial charge in [0.25, 0.3) is 0 Å². The van der Waals surface area contributed by atoms with Gasteiger partial charge in [-0.2, -0.15) is 13.2 Å². The smallest absolute Gasteiger partial charge is 0.384 e. The molecule has 1 fully saturated rings. The number of hydrogen-bond donors (Lipinski definition) is 2. The summed E-state index contributed by atoms with van der Waals surface area (Å²) in [6.45, 7) is 4.51. The Morgan fingerprint density at radius 3 is 2.50 bits per heavy atom. The summed E-state index contributed by atoms with van der Waals surface area (Å²) >= 11 is 0. The Morgan fingerprint density at radius 2 is 2.05 bits per heavy atom. The van der Waals surface area contributed by atoms with Crippen molar-refractivity contribution in [2.24, 2.45) is 5.73 Å². The van der Waals surface area contributed by atoms with Gasteiger partial charge in [-0.05, 0) is 38.8 Å². The molecule has 1 aliphatic rings. The van der Waals surface area contributed by atoms with Gasteiger partial charge in [0, 0.05) is 12.1 Å². The number of rotatable bonds is 2. The molecule has 0 unspecified atom stereocenters. The second-order valence-corrected chi connectivity index (χ2v) is 5.55. The number of nitrogens with zero attached hydrogens (tertiary/aromatic N) is 2. The molecule has 7 heteroatoms. The van der Waals surface area contributed by atoms with Crippen molar-refractivity contribution in [1.82, 2.24) is 4.98 Å². The van der Waals surface area contributed by atoms with Crippen LogP contribution in [0, 0.1) is 5.41 Å². The molecule has 4 nitrogen and oxygen atoms in total. The van der Waals surface area contributed by atoms with E-state index in [-0.39, 0.29) is 22.8 Å². The van der Waals surface area contributed by atoms with Crippen LogP contribution in [-0.2, 0) is 6.18 Å². The molecule has 0 aromatic carbocycles. The van der Waals surface area contributed by atoms with Gasteiger partial charge in [-0.25, -0.2) is 4.98 Å². The Hall–Kier alpha value is -1.79. The van der Waals surface area contributed by atoms with E-state index in [2.05, 4.69) is 4.98 Å². The normalized spacial score (nSPS) is 18.4. The molecule has 0 bridgehead atoms. The number of nitrogens with one attached hydrogen (secondary N) is 1. The van der Waals surface area contributed by atoms with Crippen LogP contribution < -0.4 is 10.6 Å². The first-order valence-electron chi connectivity index (χ1n) is 6.33. The zero-order chi connectivity index (χ0) is 15.1. The quantitative estimate of drug-likeness (QED) is 0.649. The number of anilines is 1. The summed E-state index contributed by atoms with van der Waals surface area (Å²) in [6.07, 6.45) is -2.77. The van der Waals surface area contributed by atoms with Gasteiger partial charge < -0.3 is 10.6 Å². The van der Waals surface area contributed by atoms with Crippen LogP contribution in [0.25, 0.3) is 0 Å². The first kappa shape index (κ1) is 14.6. The van der Waals surface area contributed by atoms with Crippen molar-refractivity contribution in [2.45, 2.75) is 38.4 Å². The molecule has 1 aromatic rings. The monoisotopic (exact) mass is 286 g/mol. The predicted molar refractivity (Wildman–Crippen MR) is 70.9 cm³/mol. The van der Waals surface area contributed by atoms with Gasteiger partial charge in [-0.1, -0.05) is 0 Å². The summed E-state index contributed by atoms with van der Waals surface area (Å²) in [6, 6.07) is 2.09. The summed E-state index contributed by atoms with van der Waals surface area (Å²) in [4.78, 5) is 5.53. The van der Waals surface area contributed by atoms with Gasteiger partial charge in [-0.3, -0.25) is 5.41 Å². The number of halogens is 3. The predicted octanol–water partition coefficient (Wildman–Crippen LogP) is 2.76. The van der Waals surface area contributed by atoms with Crippen molar-refractivity contribution in [3.05, 3.63) is 23.4 Å². The number of aromatic nitrogens is 1. The summed E-state index contributed by atoms with van der Waals surface area (Å²) in [5, 5.41) is 7.53. The third kappa shape index (κ3) is 2.57. The average Bonchev–Trinajstić information content (AvgIpc) is 2.66. The van der Waals surface area contributed by atoms with Crippen LogP contribution in [0.3, 0.4) is 0 Å². The molecule has 0 amide bonds. The molecule has 1 aromatic heterocycles. The van der Waals surface area contributed by atoms with Crippen LogP contribution in [0.15, 0.2) is 12.1 Å². The topological polar surface area (TPSA) is 66.0 Å². The second kappa shape index (κ2) is 4.64. The first-order chi connectivity index (χ1) is 9.13. The molecule has 0 radical (unpaired) electrons. The Balaban J connectivity index is 2.56. The zero-order valence-corrected chi connectivity index (χ0v) is 11.4. The number of alkyl halides is 3. The molecule has 110 valence electrons. The fraction of sp³-hybridized carbons (Fsp3) is 0.538. The first-order valence-corrected chi connectivity index (χ1v) is 6.33. The molecule has 2 heterocycles. The minimum atomic E-state index is -4.51. The number of nitrogens with two attached hydrogens (primary N) is 1. The van der Waals surface area contributed by atoms with E-state index < -0.39 is 11.9 Å². The van der Waals surface area contributed by atoms with Crippen LogP contribution in [0.5, 0.6) is 0 Å². The van der Waals surface area contributed by atoms with Crippen molar-refractivity contribution in [3.8, 4) is 0 Å². The lowest BCUT2D eigenvalue weighted by Gasteiger charge is -2.34. The maximum absolute atomic E-state index is 12.8. The molecule has 0 saturated carbocycles. The second-order valence-electron chi connectivity index (χ2n) is 5.55. The van der Waals surface area contributed by atoms with Gasteiger partial charge in [0.15, 0.2) is 0 Å². The van der Waals surface area contributed by atoms with E-state index in [1.54, 1.807) is 4.90 Å². The largest absolute Gasteiger partial charge is 0.433 e. The van der Waals surface area contributed by atoms with Gasteiger partial charge in [0.1, 0.15) is 17.3 Å². The van der Waals surface area contributed by atoms with Crippen molar-refractivity contribution in [2.75, 3.05) is 11.4 Å². The number of nitrogen functional groups attached to an aromatic ring is 1. The third-order valence-corrected chi connectivity index (χ3v) is 3.61. The summed E-state index contributed by atoms with van der Waals surface area (Å²) < 4.78 is 38.4. The number of hydrogen-bond acceptors (Lipinski definition) is 3. The lowest BCUT2D eigenvalue weighted by atomic mass is 10.0. The van der Waals surface area contributed by atoms with Crippen molar-refractivity contribution < 1.29 is 13.2 Å². The van der Waals surface area contributed by atoms with Crippen molar-refractivity contribution >= 4 is 11.7 Å². The Morgan fingerprint density at radius 1 is 1.40 bits per heavy atom. The van der Waals surface area contributed by atoms with E-state index in [0.717, 1.165) is 18.9 Å². The van der Waals surface area contributed by atoms with Crippen molar-refractivity contribution in [1.29, 1.82) is 5.41 Å². The van der Waals surface area contributed by atoms with E-state index in [9.17, 15) is 13.2 Å². The molecular formula is C13H17F3N4. The molecule has 0 atom stereocenters. The van der Waals surface area contributed by atoms with Crippen LogP contribution in [0.2, 0.25) is 0 Å². The van der Waals surface area contributed by atoms with E-state index in [1.165, 1.54) is 6.07 Å². The molecule has 2 rings (SSSR count). The SMILES string of the molecule is CC1(C)CCCN1c1nc(C(F)(F)F)ccc1C(=N)N. The maximum Gasteiger partial charge on any atom is 0.433 e. The highest BCUT2D eigenvalue weighted by Crippen LogP contribution is 2.36. The van der Waals surface area contributed by atoms with Crippen molar-refractivity contribution in [3.63, 3.8) is 0 Å². The molecule has 1 aliphatic heterocycles. The highest BCUT2D eigenvalue weighted by molar-refractivity contribution is 5.99. The fourth-order valence-electron chi connectivity index (χ4n) is 2.52. The van der Waals surface area contributed by atoms with Crippen LogP contribution in [-0.4, -0.2) is 22.9 Å². The summed E-state index contributed by atoms with van der Waals surface area (Å²) in [7, 11) is 0. The van der Waals surface area contributed by atoms with E-state index in [0.29, 0.717) is 6.54 Å². The highest BCUT2D eigenvalue weighted by atomic mass is 19.4. The Bertz CT molecular complexity index is 537. The fourth-order valence-corrected chi connectivity index (χ4v) is 2.52. The van der Waals surface area contributed by atoms with Gasteiger partial charge in [0.05, 0.1) is 5.56 Å². The highest BCUT2D eigenvalue weighted by Gasteiger charge is 2.38. The van der Waals surface area contributed by atoms with Gasteiger partial charge >= 0.3 is 6.18 Å². The molecule has 20 heavy (non-hydrogen) atoms. The van der Waals surface area contributed by atoms with Crippen LogP contribution in [0.4, 0.5) is 19.0 Å². The number of amidine groups is 1. The maximum atomic E-state index is 12.8. The minimum absolute atomic E-state index is 0.148. The Labute approximate surface area is 115 Å². The third-order valence-electron chi connectivity index (χ3n) is 3.61. The molecule has 0 aliphatic carbocycles. The lowest BCUT2D eigenvalue weighted by molar-refractivity contribution is -0.141. The van der Waals surface area contributed by atoms with E-state index in [1.807, 2.05) is 13.8 Å². The Kier molecular flexibility index (Phi) is 3.39. The minimum Gasteiger partial charge on any atom is -0.384 e. The average molecular weight is 286 g/mol. The molecule has 3 N–H and O–H groups in total. The standard InChI is InChI=1S/C13H17F3N4/c1-12(2)6-3-7-20(12)11-8(10(17)18)4-5-9(19-11)13(14,15)16/h4-5H,3,6-7H2,1-2H3,(H3,17,18). The van der Waals surface area contributed by atoms with Crippen LogP contribution >= 0.6 is 0 Å². The van der Waals surface area contributed by atoms with E-state index in [4.69, 9.17) is 11.1 Å². The van der Waals surface area contributed by atoms with Gasteiger partial charge in [-0.15, -0.1) is 0 Å². The zero-order valence-electron chi connectivity index (χ0n) is 11.4. The molecule has 0 spiro atoms. The van der Waals surface area contributed by atoms with E-state index >= 15 is 0 Å². The van der Waals surface area contributed by atoms with Gasteiger partial charge in [0.2, 0.25) is 0 Å². The summed E-state index contributed by atoms with van der Waals surface area (Å²) in [5.74, 6) is -0.126.